The second kappa shape index (κ2) is 6.87. The zero-order valence-electron chi connectivity index (χ0n) is 12.7. The van der Waals surface area contributed by atoms with E-state index >= 15 is 0 Å². The number of rotatable bonds is 5. The van der Waals surface area contributed by atoms with Crippen molar-refractivity contribution >= 4 is 10.0 Å². The van der Waals surface area contributed by atoms with E-state index in [2.05, 4.69) is 4.72 Å². The minimum absolute atomic E-state index is 0.334. The summed E-state index contributed by atoms with van der Waals surface area (Å²) >= 11 is 0. The van der Waals surface area contributed by atoms with Crippen molar-refractivity contribution in [2.75, 3.05) is 19.8 Å². The van der Waals surface area contributed by atoms with Gasteiger partial charge in [0.25, 0.3) is 0 Å². The van der Waals surface area contributed by atoms with Gasteiger partial charge in [0, 0.05) is 26.3 Å². The first-order valence-electron chi connectivity index (χ1n) is 7.31. The van der Waals surface area contributed by atoms with Crippen LogP contribution in [0.3, 0.4) is 0 Å². The Labute approximate surface area is 126 Å². The first-order chi connectivity index (χ1) is 9.94. The van der Waals surface area contributed by atoms with Crippen LogP contribution in [0, 0.1) is 19.8 Å². The van der Waals surface area contributed by atoms with Crippen LogP contribution in [0.5, 0.6) is 0 Å². The molecule has 0 unspecified atom stereocenters. The van der Waals surface area contributed by atoms with Gasteiger partial charge in [-0.3, -0.25) is 0 Å². The van der Waals surface area contributed by atoms with E-state index in [1.165, 1.54) is 0 Å². The van der Waals surface area contributed by atoms with E-state index in [9.17, 15) is 8.42 Å². The summed E-state index contributed by atoms with van der Waals surface area (Å²) in [4.78, 5) is 0.334. The molecule has 0 radical (unpaired) electrons. The number of ether oxygens (including phenoxy) is 1. The van der Waals surface area contributed by atoms with Gasteiger partial charge in [0.15, 0.2) is 0 Å². The second-order valence-corrected chi connectivity index (χ2v) is 7.39. The van der Waals surface area contributed by atoms with E-state index in [-0.39, 0.29) is 0 Å². The lowest BCUT2D eigenvalue weighted by Gasteiger charge is -2.22. The Balaban J connectivity index is 2.15. The molecule has 6 heteroatoms. The van der Waals surface area contributed by atoms with Crippen LogP contribution in [0.2, 0.25) is 0 Å². The molecule has 0 aliphatic carbocycles. The average Bonchev–Trinajstić information content (AvgIpc) is 2.46. The maximum Gasteiger partial charge on any atom is 0.240 e. The minimum atomic E-state index is -3.49. The van der Waals surface area contributed by atoms with Crippen molar-refractivity contribution < 1.29 is 13.2 Å². The van der Waals surface area contributed by atoms with Crippen molar-refractivity contribution in [1.29, 1.82) is 0 Å². The summed E-state index contributed by atoms with van der Waals surface area (Å²) in [6, 6.07) is 3.57. The molecule has 3 N–H and O–H groups in total. The lowest BCUT2D eigenvalue weighted by Crippen LogP contribution is -2.32. The van der Waals surface area contributed by atoms with Crippen LogP contribution in [0.15, 0.2) is 17.0 Å². The fourth-order valence-electron chi connectivity index (χ4n) is 2.64. The topological polar surface area (TPSA) is 81.4 Å². The molecule has 1 saturated heterocycles. The summed E-state index contributed by atoms with van der Waals surface area (Å²) in [5, 5.41) is 0. The van der Waals surface area contributed by atoms with Crippen molar-refractivity contribution in [3.63, 3.8) is 0 Å². The highest BCUT2D eigenvalue weighted by Gasteiger charge is 2.21. The van der Waals surface area contributed by atoms with Crippen LogP contribution in [0.25, 0.3) is 0 Å². The largest absolute Gasteiger partial charge is 0.381 e. The molecule has 1 aliphatic rings. The molecule has 0 aromatic heterocycles. The van der Waals surface area contributed by atoms with Crippen molar-refractivity contribution in [2.45, 2.75) is 38.1 Å². The average molecular weight is 312 g/mol. The van der Waals surface area contributed by atoms with E-state index in [1.807, 2.05) is 19.9 Å². The smallest absolute Gasteiger partial charge is 0.240 e. The van der Waals surface area contributed by atoms with Gasteiger partial charge in [0.05, 0.1) is 4.90 Å². The molecular weight excluding hydrogens is 288 g/mol. The fraction of sp³-hybridized carbons (Fsp3) is 0.600. The Hall–Kier alpha value is -0.950. The molecule has 0 atom stereocenters. The molecule has 1 aromatic carbocycles. The summed E-state index contributed by atoms with van der Waals surface area (Å²) in [6.07, 6.45) is 1.81. The Kier molecular flexibility index (Phi) is 5.37. The van der Waals surface area contributed by atoms with Crippen LogP contribution in [-0.2, 0) is 21.3 Å². The minimum Gasteiger partial charge on any atom is -0.381 e. The number of hydrogen-bond donors (Lipinski definition) is 2. The van der Waals surface area contributed by atoms with Gasteiger partial charge in [0.1, 0.15) is 0 Å². The first kappa shape index (κ1) is 16.4. The predicted octanol–water partition coefficient (Wildman–Crippen LogP) is 1.47. The van der Waals surface area contributed by atoms with Gasteiger partial charge >= 0.3 is 0 Å². The molecule has 1 fully saturated rings. The summed E-state index contributed by atoms with van der Waals surface area (Å²) in [7, 11) is -3.49. The molecular formula is C15H24N2O3S. The summed E-state index contributed by atoms with van der Waals surface area (Å²) < 4.78 is 33.0. The number of aryl methyl sites for hydroxylation is 2. The van der Waals surface area contributed by atoms with Gasteiger partial charge in [0.2, 0.25) is 10.0 Å². The molecule has 0 saturated carbocycles. The van der Waals surface area contributed by atoms with Crippen LogP contribution in [0.1, 0.15) is 29.5 Å². The molecule has 1 aliphatic heterocycles. The first-order valence-corrected chi connectivity index (χ1v) is 8.80. The Morgan fingerprint density at radius 3 is 2.52 bits per heavy atom. The lowest BCUT2D eigenvalue weighted by molar-refractivity contribution is 0.0678. The van der Waals surface area contributed by atoms with E-state index < -0.39 is 10.0 Å². The zero-order chi connectivity index (χ0) is 15.5. The second-order valence-electron chi connectivity index (χ2n) is 5.66. The van der Waals surface area contributed by atoms with Gasteiger partial charge in [-0.05, 0) is 55.4 Å². The summed E-state index contributed by atoms with van der Waals surface area (Å²) in [5.41, 5.74) is 8.32. The molecule has 0 amide bonds. The maximum absolute atomic E-state index is 12.5. The third-order valence-electron chi connectivity index (χ3n) is 4.05. The van der Waals surface area contributed by atoms with E-state index in [0.717, 1.165) is 29.5 Å². The number of nitrogens with one attached hydrogen (secondary N) is 1. The van der Waals surface area contributed by atoms with Crippen LogP contribution < -0.4 is 10.5 Å². The quantitative estimate of drug-likeness (QED) is 0.862. The number of nitrogens with two attached hydrogens (primary N) is 1. The van der Waals surface area contributed by atoms with Gasteiger partial charge in [-0.2, -0.15) is 0 Å². The highest BCUT2D eigenvalue weighted by molar-refractivity contribution is 7.89. The monoisotopic (exact) mass is 312 g/mol. The molecule has 0 spiro atoms. The molecule has 118 valence electrons. The third kappa shape index (κ3) is 4.03. The number of benzene rings is 1. The van der Waals surface area contributed by atoms with Crippen LogP contribution >= 0.6 is 0 Å². The highest BCUT2D eigenvalue weighted by Crippen LogP contribution is 2.21. The SMILES string of the molecule is Cc1cc(C)c(S(=O)(=O)NCC2CCOCC2)cc1CN. The normalized spacial score (nSPS) is 17.1. The predicted molar refractivity (Wildman–Crippen MR) is 82.5 cm³/mol. The van der Waals surface area contributed by atoms with Crippen LogP contribution in [-0.4, -0.2) is 28.2 Å². The summed E-state index contributed by atoms with van der Waals surface area (Å²) in [5.74, 6) is 0.355. The van der Waals surface area contributed by atoms with E-state index in [0.29, 0.717) is 37.1 Å². The molecule has 2 rings (SSSR count). The number of hydrogen-bond acceptors (Lipinski definition) is 4. The molecule has 21 heavy (non-hydrogen) atoms. The van der Waals surface area contributed by atoms with Crippen LogP contribution in [0.4, 0.5) is 0 Å². The Morgan fingerprint density at radius 2 is 1.90 bits per heavy atom. The number of sulfonamides is 1. The van der Waals surface area contributed by atoms with Gasteiger partial charge in [-0.15, -0.1) is 0 Å². The van der Waals surface area contributed by atoms with Crippen molar-refractivity contribution in [2.24, 2.45) is 11.7 Å². The van der Waals surface area contributed by atoms with E-state index in [4.69, 9.17) is 10.5 Å². The third-order valence-corrected chi connectivity index (χ3v) is 5.61. The Bertz CT molecular complexity index is 593. The zero-order valence-corrected chi connectivity index (χ0v) is 13.5. The van der Waals surface area contributed by atoms with Gasteiger partial charge in [-0.1, -0.05) is 6.07 Å². The lowest BCUT2D eigenvalue weighted by atomic mass is 10.0. The van der Waals surface area contributed by atoms with Crippen molar-refractivity contribution in [3.05, 3.63) is 28.8 Å². The van der Waals surface area contributed by atoms with Crippen molar-refractivity contribution in [3.8, 4) is 0 Å². The fourth-order valence-corrected chi connectivity index (χ4v) is 4.03. The molecule has 0 bridgehead atoms. The molecule has 1 aromatic rings. The van der Waals surface area contributed by atoms with Gasteiger partial charge in [-0.25, -0.2) is 13.1 Å². The highest BCUT2D eigenvalue weighted by atomic mass is 32.2. The Morgan fingerprint density at radius 1 is 1.24 bits per heavy atom. The standard InChI is InChI=1S/C15H24N2O3S/c1-11-7-12(2)15(8-14(11)9-16)21(18,19)17-10-13-3-5-20-6-4-13/h7-8,13,17H,3-6,9-10,16H2,1-2H3. The van der Waals surface area contributed by atoms with E-state index in [1.54, 1.807) is 6.07 Å². The maximum atomic E-state index is 12.5. The summed E-state index contributed by atoms with van der Waals surface area (Å²) in [6.45, 7) is 6.00. The van der Waals surface area contributed by atoms with Crippen molar-refractivity contribution in [1.82, 2.24) is 4.72 Å². The van der Waals surface area contributed by atoms with Gasteiger partial charge < -0.3 is 10.5 Å². The molecule has 1 heterocycles. The molecule has 5 nitrogen and oxygen atoms in total.